The van der Waals surface area contributed by atoms with Gasteiger partial charge in [0.15, 0.2) is 0 Å². The van der Waals surface area contributed by atoms with Crippen LogP contribution in [0.15, 0.2) is 57.9 Å². The van der Waals surface area contributed by atoms with E-state index in [1.807, 2.05) is 67.5 Å². The summed E-state index contributed by atoms with van der Waals surface area (Å²) in [5.74, 6) is -0.248. The first kappa shape index (κ1) is 17.8. The summed E-state index contributed by atoms with van der Waals surface area (Å²) in [7, 11) is 3.95. The fourth-order valence-corrected chi connectivity index (χ4v) is 3.70. The Morgan fingerprint density at radius 2 is 1.76 bits per heavy atom. The largest absolute Gasteiger partial charge is 0.378 e. The summed E-state index contributed by atoms with van der Waals surface area (Å²) in [5.41, 5.74) is 2.89. The Labute approximate surface area is 159 Å². The Bertz CT molecular complexity index is 847. The van der Waals surface area contributed by atoms with Crippen LogP contribution in [0.4, 0.5) is 10.5 Å². The van der Waals surface area contributed by atoms with Crippen LogP contribution in [0.5, 0.6) is 0 Å². The maximum Gasteiger partial charge on any atom is 0.293 e. The van der Waals surface area contributed by atoms with Gasteiger partial charge >= 0.3 is 0 Å². The van der Waals surface area contributed by atoms with E-state index in [0.717, 1.165) is 33.0 Å². The SMILES string of the molecule is CN(C)c1ccc(/C=C2\SC(=O)N(Cc3ccccc3Br)C2=O)cc1. The minimum atomic E-state index is -0.248. The Morgan fingerprint density at radius 1 is 1.08 bits per heavy atom. The van der Waals surface area contributed by atoms with Crippen LogP contribution in [-0.4, -0.2) is 30.1 Å². The van der Waals surface area contributed by atoms with Crippen LogP contribution in [-0.2, 0) is 11.3 Å². The van der Waals surface area contributed by atoms with Gasteiger partial charge in [0.25, 0.3) is 11.1 Å². The van der Waals surface area contributed by atoms with E-state index >= 15 is 0 Å². The number of nitrogens with zero attached hydrogens (tertiary/aromatic N) is 2. The van der Waals surface area contributed by atoms with Crippen molar-refractivity contribution in [3.63, 3.8) is 0 Å². The summed E-state index contributed by atoms with van der Waals surface area (Å²) in [5, 5.41) is -0.239. The van der Waals surface area contributed by atoms with E-state index in [0.29, 0.717) is 4.91 Å². The van der Waals surface area contributed by atoms with Gasteiger partial charge in [-0.15, -0.1) is 0 Å². The highest BCUT2D eigenvalue weighted by Gasteiger charge is 2.35. The number of carbonyl (C=O) groups is 2. The average Bonchev–Trinajstić information content (AvgIpc) is 2.85. The van der Waals surface area contributed by atoms with Crippen LogP contribution in [0.2, 0.25) is 0 Å². The second-order valence-corrected chi connectivity index (χ2v) is 7.69. The molecule has 0 spiro atoms. The van der Waals surface area contributed by atoms with Gasteiger partial charge in [0.2, 0.25) is 0 Å². The minimum absolute atomic E-state index is 0.239. The molecule has 25 heavy (non-hydrogen) atoms. The lowest BCUT2D eigenvalue weighted by Crippen LogP contribution is -2.27. The molecule has 1 saturated heterocycles. The number of thioether (sulfide) groups is 1. The number of hydrogen-bond donors (Lipinski definition) is 0. The van der Waals surface area contributed by atoms with Gasteiger partial charge in [-0.1, -0.05) is 46.3 Å². The van der Waals surface area contributed by atoms with Crippen molar-refractivity contribution < 1.29 is 9.59 Å². The molecule has 4 nitrogen and oxygen atoms in total. The Morgan fingerprint density at radius 3 is 2.40 bits per heavy atom. The number of rotatable bonds is 4. The predicted octanol–water partition coefficient (Wildman–Crippen LogP) is 4.75. The van der Waals surface area contributed by atoms with Gasteiger partial charge in [-0.05, 0) is 47.2 Å². The molecule has 0 bridgehead atoms. The first-order valence-electron chi connectivity index (χ1n) is 7.72. The zero-order valence-electron chi connectivity index (χ0n) is 13.9. The lowest BCUT2D eigenvalue weighted by atomic mass is 10.1. The van der Waals surface area contributed by atoms with Gasteiger partial charge in [0, 0.05) is 24.3 Å². The highest BCUT2D eigenvalue weighted by molar-refractivity contribution is 9.10. The highest BCUT2D eigenvalue weighted by Crippen LogP contribution is 2.34. The normalized spacial score (nSPS) is 16.0. The molecule has 2 amide bonds. The molecule has 0 saturated carbocycles. The lowest BCUT2D eigenvalue weighted by Gasteiger charge is -2.13. The standard InChI is InChI=1S/C19H17BrN2O2S/c1-21(2)15-9-7-13(8-10-15)11-17-18(23)22(19(24)25-17)12-14-5-3-4-6-16(14)20/h3-11H,12H2,1-2H3/b17-11-. The molecule has 1 aliphatic heterocycles. The molecule has 0 aliphatic carbocycles. The third-order valence-electron chi connectivity index (χ3n) is 3.87. The van der Waals surface area contributed by atoms with Crippen LogP contribution in [0.25, 0.3) is 6.08 Å². The molecule has 1 fully saturated rings. The molecular weight excluding hydrogens is 400 g/mol. The quantitative estimate of drug-likeness (QED) is 0.674. The van der Waals surface area contributed by atoms with Gasteiger partial charge < -0.3 is 4.90 Å². The van der Waals surface area contributed by atoms with Crippen LogP contribution in [0.3, 0.4) is 0 Å². The fraction of sp³-hybridized carbons (Fsp3) is 0.158. The molecule has 3 rings (SSSR count). The number of benzene rings is 2. The number of hydrogen-bond acceptors (Lipinski definition) is 4. The topological polar surface area (TPSA) is 40.6 Å². The molecule has 2 aromatic rings. The molecule has 0 radical (unpaired) electrons. The zero-order valence-corrected chi connectivity index (χ0v) is 16.3. The summed E-state index contributed by atoms with van der Waals surface area (Å²) in [6.45, 7) is 0.267. The highest BCUT2D eigenvalue weighted by atomic mass is 79.9. The molecular formula is C19H17BrN2O2S. The van der Waals surface area contributed by atoms with Gasteiger partial charge in [-0.25, -0.2) is 0 Å². The summed E-state index contributed by atoms with van der Waals surface area (Å²) in [6, 6.07) is 15.4. The van der Waals surface area contributed by atoms with Gasteiger partial charge in [-0.2, -0.15) is 0 Å². The zero-order chi connectivity index (χ0) is 18.0. The third-order valence-corrected chi connectivity index (χ3v) is 5.55. The summed E-state index contributed by atoms with van der Waals surface area (Å²) < 4.78 is 0.886. The molecule has 0 N–H and O–H groups in total. The molecule has 2 aromatic carbocycles. The first-order chi connectivity index (χ1) is 12.0. The van der Waals surface area contributed by atoms with Crippen molar-refractivity contribution in [1.29, 1.82) is 0 Å². The van der Waals surface area contributed by atoms with Gasteiger partial charge in [0.1, 0.15) is 0 Å². The van der Waals surface area contributed by atoms with E-state index < -0.39 is 0 Å². The lowest BCUT2D eigenvalue weighted by molar-refractivity contribution is -0.123. The van der Waals surface area contributed by atoms with Crippen molar-refractivity contribution in [2.75, 3.05) is 19.0 Å². The summed E-state index contributed by atoms with van der Waals surface area (Å²) >= 11 is 4.44. The number of anilines is 1. The van der Waals surface area contributed by atoms with E-state index in [9.17, 15) is 9.59 Å². The monoisotopic (exact) mass is 416 g/mol. The average molecular weight is 417 g/mol. The third kappa shape index (κ3) is 3.96. The number of halogens is 1. The molecule has 0 unspecified atom stereocenters. The van der Waals surface area contributed by atoms with Crippen molar-refractivity contribution in [3.8, 4) is 0 Å². The van der Waals surface area contributed by atoms with Crippen molar-refractivity contribution in [2.45, 2.75) is 6.54 Å². The molecule has 6 heteroatoms. The van der Waals surface area contributed by atoms with Crippen LogP contribution in [0, 0.1) is 0 Å². The Balaban J connectivity index is 1.79. The number of amides is 2. The van der Waals surface area contributed by atoms with Crippen LogP contribution < -0.4 is 4.90 Å². The maximum atomic E-state index is 12.6. The minimum Gasteiger partial charge on any atom is -0.378 e. The van der Waals surface area contributed by atoms with Crippen molar-refractivity contribution in [2.24, 2.45) is 0 Å². The van der Waals surface area contributed by atoms with Crippen molar-refractivity contribution in [3.05, 3.63) is 69.0 Å². The molecule has 1 heterocycles. The predicted molar refractivity (Wildman–Crippen MR) is 106 cm³/mol. The van der Waals surface area contributed by atoms with E-state index in [-0.39, 0.29) is 17.7 Å². The van der Waals surface area contributed by atoms with Crippen LogP contribution >= 0.6 is 27.7 Å². The molecule has 128 valence electrons. The smallest absolute Gasteiger partial charge is 0.293 e. The summed E-state index contributed by atoms with van der Waals surface area (Å²) in [4.78, 5) is 28.6. The molecule has 0 atom stereocenters. The van der Waals surface area contributed by atoms with E-state index in [2.05, 4.69) is 15.9 Å². The molecule has 0 aromatic heterocycles. The van der Waals surface area contributed by atoms with E-state index in [4.69, 9.17) is 0 Å². The second kappa shape index (κ2) is 7.45. The first-order valence-corrected chi connectivity index (χ1v) is 9.33. The second-order valence-electron chi connectivity index (χ2n) is 5.85. The number of carbonyl (C=O) groups excluding carboxylic acids is 2. The fourth-order valence-electron chi connectivity index (χ4n) is 2.45. The van der Waals surface area contributed by atoms with E-state index in [1.54, 1.807) is 6.08 Å². The van der Waals surface area contributed by atoms with Crippen molar-refractivity contribution in [1.82, 2.24) is 4.90 Å². The van der Waals surface area contributed by atoms with Gasteiger partial charge in [0.05, 0.1) is 11.4 Å². The van der Waals surface area contributed by atoms with Crippen molar-refractivity contribution >= 4 is 50.6 Å². The Hall–Kier alpha value is -2.05. The van der Waals surface area contributed by atoms with Crippen LogP contribution in [0.1, 0.15) is 11.1 Å². The number of imide groups is 1. The van der Waals surface area contributed by atoms with E-state index in [1.165, 1.54) is 4.90 Å². The maximum absolute atomic E-state index is 12.6. The Kier molecular flexibility index (Phi) is 5.30. The van der Waals surface area contributed by atoms with Gasteiger partial charge in [-0.3, -0.25) is 14.5 Å². The summed E-state index contributed by atoms with van der Waals surface area (Å²) in [6.07, 6.45) is 1.77. The molecule has 1 aliphatic rings.